The van der Waals surface area contributed by atoms with Crippen molar-refractivity contribution in [3.63, 3.8) is 0 Å². The van der Waals surface area contributed by atoms with Crippen molar-refractivity contribution in [3.8, 4) is 0 Å². The van der Waals surface area contributed by atoms with Crippen molar-refractivity contribution in [3.05, 3.63) is 36.0 Å². The summed E-state index contributed by atoms with van der Waals surface area (Å²) in [6, 6.07) is 4.72. The van der Waals surface area contributed by atoms with Crippen molar-refractivity contribution in [2.45, 2.75) is 44.1 Å². The van der Waals surface area contributed by atoms with E-state index < -0.39 is 11.5 Å². The third-order valence-electron chi connectivity index (χ3n) is 7.59. The van der Waals surface area contributed by atoms with Crippen LogP contribution >= 0.6 is 0 Å². The van der Waals surface area contributed by atoms with E-state index in [0.29, 0.717) is 42.4 Å². The molecule has 1 aliphatic carbocycles. The number of nitrogens with one attached hydrogen (secondary N) is 3. The molecule has 3 aromatic rings. The number of likely N-dealkylation sites (N-methyl/N-ethyl adjacent to an activating group) is 1. The fraction of sp³-hybridized carbons (Fsp3) is 0.520. The van der Waals surface area contributed by atoms with Crippen LogP contribution in [-0.2, 0) is 4.79 Å². The Hall–Kier alpha value is -3.87. The Morgan fingerprint density at radius 2 is 1.89 bits per heavy atom. The Morgan fingerprint density at radius 1 is 1.11 bits per heavy atom. The maximum atomic E-state index is 13.5. The predicted molar refractivity (Wildman–Crippen MR) is 141 cm³/mol. The van der Waals surface area contributed by atoms with E-state index in [2.05, 4.69) is 42.7 Å². The molecule has 0 aromatic carbocycles. The number of rotatable bonds is 7. The molecule has 0 unspecified atom stereocenters. The first-order valence-corrected chi connectivity index (χ1v) is 13.1. The van der Waals surface area contributed by atoms with Crippen molar-refractivity contribution in [1.82, 2.24) is 35.0 Å². The van der Waals surface area contributed by atoms with Gasteiger partial charge in [0.25, 0.3) is 0 Å². The van der Waals surface area contributed by atoms with Crippen LogP contribution in [0.1, 0.15) is 44.2 Å². The molecule has 1 atom stereocenters. The molecule has 5 heterocycles. The second-order valence-corrected chi connectivity index (χ2v) is 10.5. The van der Waals surface area contributed by atoms with Gasteiger partial charge in [0.1, 0.15) is 11.4 Å². The van der Waals surface area contributed by atoms with Crippen LogP contribution in [0.4, 0.5) is 33.7 Å². The van der Waals surface area contributed by atoms with Crippen molar-refractivity contribution in [1.29, 1.82) is 0 Å². The van der Waals surface area contributed by atoms with Gasteiger partial charge >= 0.3 is 0 Å². The topological polar surface area (TPSA) is 131 Å². The first kappa shape index (κ1) is 24.5. The number of carbonyl (C=O) groups is 1. The number of aromatic nitrogens is 6. The molecule has 12 nitrogen and oxygen atoms in total. The largest absolute Gasteiger partial charge is 0.338 e. The summed E-state index contributed by atoms with van der Waals surface area (Å²) in [5, 5.41) is 13.6. The van der Waals surface area contributed by atoms with E-state index in [4.69, 9.17) is 15.0 Å². The molecule has 200 valence electrons. The van der Waals surface area contributed by atoms with Gasteiger partial charge < -0.3 is 25.3 Å². The van der Waals surface area contributed by atoms with Crippen molar-refractivity contribution < 1.29 is 9.18 Å². The lowest BCUT2D eigenvalue weighted by molar-refractivity contribution is -0.120. The summed E-state index contributed by atoms with van der Waals surface area (Å²) >= 11 is 0. The van der Waals surface area contributed by atoms with Crippen LogP contribution in [0.25, 0.3) is 0 Å². The third kappa shape index (κ3) is 4.97. The van der Waals surface area contributed by atoms with Gasteiger partial charge in [-0.1, -0.05) is 0 Å². The summed E-state index contributed by atoms with van der Waals surface area (Å²) in [6.07, 6.45) is 5.06. The van der Waals surface area contributed by atoms with Gasteiger partial charge in [0.05, 0.1) is 17.6 Å². The summed E-state index contributed by atoms with van der Waals surface area (Å²) in [6.45, 7) is 5.91. The van der Waals surface area contributed by atoms with Crippen molar-refractivity contribution >= 4 is 35.3 Å². The smallest absolute Gasteiger partial charge is 0.250 e. The van der Waals surface area contributed by atoms with Crippen LogP contribution in [0.15, 0.2) is 24.4 Å². The molecule has 6 rings (SSSR count). The summed E-state index contributed by atoms with van der Waals surface area (Å²) in [5.74, 6) is 1.83. The second-order valence-electron chi connectivity index (χ2n) is 10.5. The molecule has 3 aliphatic rings. The molecule has 2 aliphatic heterocycles. The Morgan fingerprint density at radius 3 is 2.63 bits per heavy atom. The fourth-order valence-corrected chi connectivity index (χ4v) is 5.02. The summed E-state index contributed by atoms with van der Waals surface area (Å²) < 4.78 is 13.3. The number of aromatic amines is 1. The van der Waals surface area contributed by atoms with Gasteiger partial charge in [0.2, 0.25) is 29.7 Å². The van der Waals surface area contributed by atoms with Crippen LogP contribution in [-0.4, -0.2) is 86.3 Å². The number of piperazine rings is 1. The minimum atomic E-state index is -0.903. The van der Waals surface area contributed by atoms with Gasteiger partial charge in [-0.25, -0.2) is 4.98 Å². The Labute approximate surface area is 220 Å². The van der Waals surface area contributed by atoms with E-state index in [1.165, 1.54) is 18.3 Å². The van der Waals surface area contributed by atoms with Crippen LogP contribution in [0.3, 0.4) is 0 Å². The van der Waals surface area contributed by atoms with Gasteiger partial charge in [-0.15, -0.1) is 0 Å². The molecule has 2 saturated heterocycles. The molecule has 3 aromatic heterocycles. The first-order chi connectivity index (χ1) is 18.4. The number of halogens is 1. The molecule has 1 saturated carbocycles. The fourth-order valence-electron chi connectivity index (χ4n) is 5.02. The standard InChI is InChI=1S/C25H32FN11O/c1-25(21(38)28-17-6-7-19(26)27-15-17)8-3-9-37(25)24-31-22(29-20-14-18(33-34-20)16-4-5-16)30-23(32-24)36-12-10-35(2)11-13-36/h6-7,14-16H,3-5,8-13H2,1-2H3,(H,28,38)(H2,29,30,31,32,33,34)/t25-/m0/s1. The minimum absolute atomic E-state index is 0.220. The van der Waals surface area contributed by atoms with Crippen LogP contribution in [0.2, 0.25) is 0 Å². The number of nitrogens with zero attached hydrogens (tertiary/aromatic N) is 8. The summed E-state index contributed by atoms with van der Waals surface area (Å²) in [5.41, 5.74) is 0.575. The number of amides is 1. The molecule has 0 radical (unpaired) electrons. The van der Waals surface area contributed by atoms with Crippen LogP contribution < -0.4 is 20.4 Å². The maximum absolute atomic E-state index is 13.5. The van der Waals surface area contributed by atoms with E-state index in [0.717, 1.165) is 57.0 Å². The van der Waals surface area contributed by atoms with E-state index in [1.54, 1.807) is 0 Å². The first-order valence-electron chi connectivity index (χ1n) is 13.1. The number of H-pyrrole nitrogens is 1. The molecular weight excluding hydrogens is 489 g/mol. The summed E-state index contributed by atoms with van der Waals surface area (Å²) in [7, 11) is 2.10. The normalized spacial score (nSPS) is 22.1. The average Bonchev–Trinajstić information content (AvgIpc) is 3.53. The molecule has 3 N–H and O–H groups in total. The van der Waals surface area contributed by atoms with Gasteiger partial charge in [0.15, 0.2) is 0 Å². The van der Waals surface area contributed by atoms with Gasteiger partial charge in [-0.3, -0.25) is 9.89 Å². The zero-order chi connectivity index (χ0) is 26.3. The van der Waals surface area contributed by atoms with Crippen molar-refractivity contribution in [2.24, 2.45) is 0 Å². The number of pyridine rings is 1. The molecule has 0 bridgehead atoms. The molecule has 0 spiro atoms. The lowest BCUT2D eigenvalue weighted by Gasteiger charge is -2.35. The van der Waals surface area contributed by atoms with Gasteiger partial charge in [-0.05, 0) is 51.8 Å². The number of carbonyl (C=O) groups excluding carboxylic acids is 1. The zero-order valence-corrected chi connectivity index (χ0v) is 21.6. The Kier molecular flexibility index (Phi) is 6.30. The Balaban J connectivity index is 1.30. The van der Waals surface area contributed by atoms with Crippen molar-refractivity contribution in [2.75, 3.05) is 60.2 Å². The average molecular weight is 522 g/mol. The lowest BCUT2D eigenvalue weighted by atomic mass is 9.97. The lowest BCUT2D eigenvalue weighted by Crippen LogP contribution is -2.52. The minimum Gasteiger partial charge on any atom is -0.338 e. The van der Waals surface area contributed by atoms with E-state index >= 15 is 0 Å². The zero-order valence-electron chi connectivity index (χ0n) is 21.6. The highest BCUT2D eigenvalue weighted by atomic mass is 19.1. The molecule has 38 heavy (non-hydrogen) atoms. The SMILES string of the molecule is CN1CCN(c2nc(Nc3cc(C4CC4)n[nH]3)nc(N3CCC[C@@]3(C)C(=O)Nc3ccc(F)nc3)n2)CC1. The van der Waals surface area contributed by atoms with E-state index in [9.17, 15) is 9.18 Å². The molecule has 13 heteroatoms. The maximum Gasteiger partial charge on any atom is 0.250 e. The molecule has 1 amide bonds. The number of hydrogen-bond donors (Lipinski definition) is 3. The number of anilines is 5. The quantitative estimate of drug-likeness (QED) is 0.399. The highest BCUT2D eigenvalue weighted by molar-refractivity contribution is 6.00. The summed E-state index contributed by atoms with van der Waals surface area (Å²) in [4.78, 5) is 37.8. The number of hydrogen-bond acceptors (Lipinski definition) is 10. The molecular formula is C25H32FN11O. The van der Waals surface area contributed by atoms with Gasteiger partial charge in [-0.2, -0.15) is 24.4 Å². The third-order valence-corrected chi connectivity index (χ3v) is 7.59. The predicted octanol–water partition coefficient (Wildman–Crippen LogP) is 2.50. The highest BCUT2D eigenvalue weighted by Crippen LogP contribution is 2.40. The van der Waals surface area contributed by atoms with Crippen LogP contribution in [0.5, 0.6) is 0 Å². The van der Waals surface area contributed by atoms with E-state index in [-0.39, 0.29) is 5.91 Å². The Bertz CT molecular complexity index is 1300. The second kappa shape index (κ2) is 9.78. The monoisotopic (exact) mass is 521 g/mol. The van der Waals surface area contributed by atoms with E-state index in [1.807, 2.05) is 17.9 Å². The highest BCUT2D eigenvalue weighted by Gasteiger charge is 2.45. The van der Waals surface area contributed by atoms with Gasteiger partial charge in [0, 0.05) is 44.7 Å². The van der Waals surface area contributed by atoms with Crippen LogP contribution in [0, 0.1) is 5.95 Å². The molecule has 3 fully saturated rings.